The zero-order chi connectivity index (χ0) is 8.57. The van der Waals surface area contributed by atoms with E-state index in [9.17, 15) is 0 Å². The molecule has 0 saturated carbocycles. The van der Waals surface area contributed by atoms with E-state index in [-0.39, 0.29) is 6.23 Å². The number of aliphatic hydroxyl groups is 1. The summed E-state index contributed by atoms with van der Waals surface area (Å²) in [6, 6.07) is 0. The van der Waals surface area contributed by atoms with Crippen LogP contribution in [0.1, 0.15) is 13.8 Å². The number of hydrogen-bond donors (Lipinski definition) is 3. The summed E-state index contributed by atoms with van der Waals surface area (Å²) in [4.78, 5) is 8.36. The van der Waals surface area contributed by atoms with Crippen molar-refractivity contribution in [3.8, 4) is 0 Å². The molecule has 3 N–H and O–H groups in total. The average molecular weight is 152 g/mol. The van der Waals surface area contributed by atoms with Crippen LogP contribution in [-0.4, -0.2) is 28.2 Å². The number of nitrogens with zero attached hydrogens (tertiary/aromatic N) is 1. The van der Waals surface area contributed by atoms with Crippen LogP contribution in [0.15, 0.2) is 0 Å². The van der Waals surface area contributed by atoms with Crippen LogP contribution < -0.4 is 5.32 Å². The molecule has 0 aromatic heterocycles. The summed E-state index contributed by atoms with van der Waals surface area (Å²) < 4.78 is 0. The Morgan fingerprint density at radius 1 is 1.80 bits per heavy atom. The lowest BCUT2D eigenvalue weighted by atomic mass is 10.6. The molecule has 0 amide bonds. The Hall–Kier alpha value is -0.880. The lowest BCUT2D eigenvalue weighted by Gasteiger charge is -2.00. The lowest BCUT2D eigenvalue weighted by molar-refractivity contribution is -0.742. The maximum Gasteiger partial charge on any atom is 0.291 e. The maximum atomic E-state index is 8.44. The van der Waals surface area contributed by atoms with Crippen LogP contribution in [-0.2, 0) is 0 Å². The van der Waals surface area contributed by atoms with Crippen LogP contribution in [0.2, 0.25) is 0 Å². The van der Waals surface area contributed by atoms with Crippen LogP contribution in [0.25, 0.3) is 0 Å². The summed E-state index contributed by atoms with van der Waals surface area (Å²) in [5.41, 5.74) is 0. The minimum absolute atomic E-state index is 0.352. The van der Waals surface area contributed by atoms with Gasteiger partial charge in [-0.25, -0.2) is 0 Å². The first-order valence-electron chi connectivity index (χ1n) is 2.75. The highest BCUT2D eigenvalue weighted by atomic mass is 16.9. The van der Waals surface area contributed by atoms with Gasteiger partial charge in [-0.2, -0.15) is 0 Å². The second-order valence-electron chi connectivity index (χ2n) is 1.47. The molecule has 0 spiro atoms. The van der Waals surface area contributed by atoms with Crippen molar-refractivity contribution in [3.63, 3.8) is 0 Å². The van der Waals surface area contributed by atoms with Crippen molar-refractivity contribution in [2.75, 3.05) is 6.54 Å². The Bertz CT molecular complexity index is 81.3. The molecule has 6 heteroatoms. The van der Waals surface area contributed by atoms with E-state index in [2.05, 4.69) is 5.32 Å². The normalized spacial score (nSPS) is 11.1. The number of hydrogen-bond acceptors (Lipinski definition) is 4. The molecule has 0 aliphatic rings. The number of aliphatic hydroxyl groups excluding tert-OH is 1. The van der Waals surface area contributed by atoms with E-state index in [1.54, 1.807) is 6.92 Å². The molecule has 0 rings (SSSR count). The minimum atomic E-state index is -1.50. The van der Waals surface area contributed by atoms with Gasteiger partial charge in [0.1, 0.15) is 6.23 Å². The van der Waals surface area contributed by atoms with Gasteiger partial charge in [-0.1, -0.05) is 6.92 Å². The first-order valence-corrected chi connectivity index (χ1v) is 2.75. The number of nitrogens with one attached hydrogen (secondary N) is 1. The van der Waals surface area contributed by atoms with Gasteiger partial charge in [0.2, 0.25) is 0 Å². The SMILES string of the molecule is CCNC(C)O.O=[N+]([O-])O. The van der Waals surface area contributed by atoms with Crippen LogP contribution in [0.3, 0.4) is 0 Å². The van der Waals surface area contributed by atoms with Crippen molar-refractivity contribution in [2.45, 2.75) is 20.1 Å². The van der Waals surface area contributed by atoms with Crippen LogP contribution in [0.5, 0.6) is 0 Å². The Morgan fingerprint density at radius 3 is 2.10 bits per heavy atom. The molecule has 0 aromatic carbocycles. The Kier molecular flexibility index (Phi) is 9.63. The Balaban J connectivity index is 0. The Morgan fingerprint density at radius 2 is 2.10 bits per heavy atom. The molecule has 1 unspecified atom stereocenters. The van der Waals surface area contributed by atoms with Crippen molar-refractivity contribution in [2.24, 2.45) is 0 Å². The minimum Gasteiger partial charge on any atom is -0.379 e. The van der Waals surface area contributed by atoms with E-state index in [1.807, 2.05) is 6.92 Å². The third-order valence-corrected chi connectivity index (χ3v) is 0.500. The fourth-order valence-electron chi connectivity index (χ4n) is 0.295. The molecule has 0 saturated heterocycles. The topological polar surface area (TPSA) is 95.6 Å². The molecule has 0 heterocycles. The first-order chi connectivity index (χ1) is 4.50. The van der Waals surface area contributed by atoms with Crippen molar-refractivity contribution >= 4 is 0 Å². The van der Waals surface area contributed by atoms with Gasteiger partial charge in [0.25, 0.3) is 5.09 Å². The molecular formula is C4H12N2O4. The summed E-state index contributed by atoms with van der Waals surface area (Å²) in [5.74, 6) is 0. The van der Waals surface area contributed by atoms with Gasteiger partial charge in [-0.3, -0.25) is 5.32 Å². The van der Waals surface area contributed by atoms with Crippen LogP contribution in [0.4, 0.5) is 0 Å². The largest absolute Gasteiger partial charge is 0.379 e. The van der Waals surface area contributed by atoms with E-state index in [0.29, 0.717) is 0 Å². The highest BCUT2D eigenvalue weighted by Gasteiger charge is 1.83. The zero-order valence-corrected chi connectivity index (χ0v) is 5.94. The van der Waals surface area contributed by atoms with Crippen molar-refractivity contribution in [3.05, 3.63) is 10.1 Å². The molecule has 0 aliphatic heterocycles. The van der Waals surface area contributed by atoms with Gasteiger partial charge in [0.05, 0.1) is 0 Å². The predicted molar refractivity (Wildman–Crippen MR) is 34.1 cm³/mol. The molecule has 6 nitrogen and oxygen atoms in total. The molecule has 0 radical (unpaired) electrons. The van der Waals surface area contributed by atoms with Gasteiger partial charge < -0.3 is 10.3 Å². The fraction of sp³-hybridized carbons (Fsp3) is 1.00. The van der Waals surface area contributed by atoms with Crippen LogP contribution in [0, 0.1) is 10.1 Å². The lowest BCUT2D eigenvalue weighted by Crippen LogP contribution is -2.24. The maximum absolute atomic E-state index is 8.44. The van der Waals surface area contributed by atoms with E-state index in [1.165, 1.54) is 0 Å². The number of rotatable bonds is 2. The second-order valence-corrected chi connectivity index (χ2v) is 1.47. The molecule has 0 aromatic rings. The van der Waals surface area contributed by atoms with E-state index < -0.39 is 5.09 Å². The summed E-state index contributed by atoms with van der Waals surface area (Å²) in [5, 5.41) is 24.8. The van der Waals surface area contributed by atoms with Gasteiger partial charge in [-0.05, 0) is 13.5 Å². The van der Waals surface area contributed by atoms with Crippen molar-refractivity contribution in [1.82, 2.24) is 5.32 Å². The van der Waals surface area contributed by atoms with Gasteiger partial charge in [0, 0.05) is 0 Å². The van der Waals surface area contributed by atoms with E-state index in [0.717, 1.165) is 6.54 Å². The zero-order valence-electron chi connectivity index (χ0n) is 5.94. The predicted octanol–water partition coefficient (Wildman–Crippen LogP) is -0.413. The third kappa shape index (κ3) is 59.3. The highest BCUT2D eigenvalue weighted by Crippen LogP contribution is 1.65. The average Bonchev–Trinajstić information content (AvgIpc) is 1.62. The highest BCUT2D eigenvalue weighted by molar-refractivity contribution is 4.36. The van der Waals surface area contributed by atoms with Gasteiger partial charge >= 0.3 is 0 Å². The molecule has 62 valence electrons. The summed E-state index contributed by atoms with van der Waals surface area (Å²) >= 11 is 0. The summed E-state index contributed by atoms with van der Waals surface area (Å²) in [6.07, 6.45) is -0.352. The molecule has 1 atom stereocenters. The summed E-state index contributed by atoms with van der Waals surface area (Å²) in [7, 11) is 0. The standard InChI is InChI=1S/C4H11NO.HNO3/c1-3-5-4(2)6;2-1(3)4/h4-6H,3H2,1-2H3;(H,2,3,4). The van der Waals surface area contributed by atoms with Gasteiger partial charge in [0.15, 0.2) is 0 Å². The second kappa shape index (κ2) is 8.12. The molecule has 0 fully saturated rings. The third-order valence-electron chi connectivity index (χ3n) is 0.500. The van der Waals surface area contributed by atoms with Crippen molar-refractivity contribution in [1.29, 1.82) is 0 Å². The first kappa shape index (κ1) is 11.9. The Labute approximate surface area is 58.6 Å². The van der Waals surface area contributed by atoms with Gasteiger partial charge in [-0.15, -0.1) is 10.1 Å². The molecule has 0 aliphatic carbocycles. The fourth-order valence-corrected chi connectivity index (χ4v) is 0.295. The smallest absolute Gasteiger partial charge is 0.291 e. The summed E-state index contributed by atoms with van der Waals surface area (Å²) in [6.45, 7) is 4.48. The molecule has 0 bridgehead atoms. The van der Waals surface area contributed by atoms with E-state index in [4.69, 9.17) is 20.4 Å². The molecular weight excluding hydrogens is 140 g/mol. The molecule has 10 heavy (non-hydrogen) atoms. The van der Waals surface area contributed by atoms with E-state index >= 15 is 0 Å². The van der Waals surface area contributed by atoms with Crippen molar-refractivity contribution < 1.29 is 15.4 Å². The monoisotopic (exact) mass is 152 g/mol. The van der Waals surface area contributed by atoms with Crippen LogP contribution >= 0.6 is 0 Å². The quantitative estimate of drug-likeness (QED) is 0.284.